The second-order valence-electron chi connectivity index (χ2n) is 8.82. The zero-order valence-corrected chi connectivity index (χ0v) is 20.1. The van der Waals surface area contributed by atoms with Crippen molar-refractivity contribution in [2.24, 2.45) is 0 Å². The van der Waals surface area contributed by atoms with Crippen LogP contribution in [0.2, 0.25) is 0 Å². The lowest BCUT2D eigenvalue weighted by Gasteiger charge is -2.35. The fraction of sp³-hybridized carbons (Fsp3) is 0.520. The Labute approximate surface area is 206 Å². The molecule has 0 unspecified atom stereocenters. The molecule has 10 nitrogen and oxygen atoms in total. The smallest absolute Gasteiger partial charge is 0.414 e. The van der Waals surface area contributed by atoms with Gasteiger partial charge in [-0.2, -0.15) is 10.4 Å². The lowest BCUT2D eigenvalue weighted by molar-refractivity contribution is -0.159. The quantitative estimate of drug-likeness (QED) is 0.542. The molecule has 2 fully saturated rings. The molecule has 4 rings (SSSR count). The first kappa shape index (κ1) is 26.3. The largest absolute Gasteiger partial charge is 0.473 e. The van der Waals surface area contributed by atoms with Crippen molar-refractivity contribution in [1.29, 1.82) is 5.26 Å². The number of carbonyl (C=O) groups is 2. The number of nitrogens with zero attached hydrogens (tertiary/aromatic N) is 6. The average Bonchev–Trinajstić information content (AvgIpc) is 3.53. The molecule has 2 aromatic rings. The van der Waals surface area contributed by atoms with Gasteiger partial charge in [-0.25, -0.2) is 9.59 Å². The summed E-state index contributed by atoms with van der Waals surface area (Å²) in [5.74, 6) is -3.65. The van der Waals surface area contributed by atoms with E-state index in [1.54, 1.807) is 0 Å². The number of aryl methyl sites for hydroxylation is 1. The van der Waals surface area contributed by atoms with E-state index in [4.69, 9.17) is 30.2 Å². The van der Waals surface area contributed by atoms with E-state index in [1.165, 1.54) is 44.6 Å². The Kier molecular flexibility index (Phi) is 10.2. The zero-order valence-electron chi connectivity index (χ0n) is 20.1. The van der Waals surface area contributed by atoms with Crippen LogP contribution in [0.3, 0.4) is 0 Å². The number of piperazine rings is 1. The van der Waals surface area contributed by atoms with E-state index in [-0.39, 0.29) is 0 Å². The lowest BCUT2D eigenvalue weighted by atomic mass is 10.1. The molecule has 1 aromatic heterocycles. The first-order chi connectivity index (χ1) is 17.0. The highest BCUT2D eigenvalue weighted by Crippen LogP contribution is 2.24. The number of hydrogen-bond donors (Lipinski definition) is 2. The van der Waals surface area contributed by atoms with Crippen LogP contribution in [-0.4, -0.2) is 99.0 Å². The lowest BCUT2D eigenvalue weighted by Crippen LogP contribution is -2.47. The molecule has 0 spiro atoms. The number of aliphatic carboxylic acids is 2. The summed E-state index contributed by atoms with van der Waals surface area (Å²) < 4.78 is 1.94. The maximum atomic E-state index is 9.10. The molecule has 10 heteroatoms. The molecule has 1 aromatic carbocycles. The number of aromatic nitrogens is 2. The average molecular weight is 483 g/mol. The van der Waals surface area contributed by atoms with Crippen molar-refractivity contribution in [3.8, 4) is 17.3 Å². The van der Waals surface area contributed by atoms with E-state index in [0.717, 1.165) is 44.0 Å². The van der Waals surface area contributed by atoms with Crippen LogP contribution in [0.4, 0.5) is 0 Å². The molecule has 188 valence electrons. The Morgan fingerprint density at radius 3 is 2.00 bits per heavy atom. The van der Waals surface area contributed by atoms with Crippen LogP contribution in [0.5, 0.6) is 0 Å². The Bertz CT molecular complexity index is 977. The van der Waals surface area contributed by atoms with Gasteiger partial charge in [0, 0.05) is 63.1 Å². The maximum absolute atomic E-state index is 9.10. The highest BCUT2D eigenvalue weighted by Gasteiger charge is 2.21. The second kappa shape index (κ2) is 13.6. The van der Waals surface area contributed by atoms with E-state index in [9.17, 15) is 0 Å². The fourth-order valence-electron chi connectivity index (χ4n) is 4.40. The molecule has 35 heavy (non-hydrogen) atoms. The van der Waals surface area contributed by atoms with E-state index >= 15 is 0 Å². The van der Waals surface area contributed by atoms with Gasteiger partial charge in [0.1, 0.15) is 0 Å². The molecule has 0 radical (unpaired) electrons. The van der Waals surface area contributed by atoms with Crippen molar-refractivity contribution in [3.05, 3.63) is 42.1 Å². The summed E-state index contributed by atoms with van der Waals surface area (Å²) >= 11 is 0. The number of likely N-dealkylation sites (tertiary alicyclic amines) is 1. The van der Waals surface area contributed by atoms with E-state index in [1.807, 2.05) is 10.7 Å². The third kappa shape index (κ3) is 8.47. The van der Waals surface area contributed by atoms with Gasteiger partial charge in [0.15, 0.2) is 0 Å². The van der Waals surface area contributed by atoms with Crippen LogP contribution in [0.1, 0.15) is 24.8 Å². The molecule has 2 N–H and O–H groups in total. The number of hydrogen-bond acceptors (Lipinski definition) is 7. The Morgan fingerprint density at radius 2 is 1.43 bits per heavy atom. The third-order valence-electron chi connectivity index (χ3n) is 6.31. The van der Waals surface area contributed by atoms with Crippen molar-refractivity contribution in [1.82, 2.24) is 24.5 Å². The summed E-state index contributed by atoms with van der Waals surface area (Å²) in [7, 11) is 0. The van der Waals surface area contributed by atoms with E-state index in [2.05, 4.69) is 51.2 Å². The number of benzene rings is 1. The molecule has 0 bridgehead atoms. The van der Waals surface area contributed by atoms with Crippen molar-refractivity contribution >= 4 is 11.9 Å². The summed E-state index contributed by atoms with van der Waals surface area (Å²) in [6, 6.07) is 12.6. The number of carboxylic acid groups (broad SMARTS) is 2. The van der Waals surface area contributed by atoms with Crippen molar-refractivity contribution in [2.45, 2.75) is 32.4 Å². The van der Waals surface area contributed by atoms with Crippen LogP contribution in [0.25, 0.3) is 11.3 Å². The van der Waals surface area contributed by atoms with Crippen molar-refractivity contribution in [2.75, 3.05) is 52.4 Å². The normalized spacial score (nSPS) is 16.9. The Hall–Kier alpha value is -3.26. The monoisotopic (exact) mass is 482 g/mol. The summed E-state index contributed by atoms with van der Waals surface area (Å²) in [6.07, 6.45) is 5.38. The zero-order chi connectivity index (χ0) is 25.0. The summed E-state index contributed by atoms with van der Waals surface area (Å²) in [5.41, 5.74) is 3.47. The summed E-state index contributed by atoms with van der Waals surface area (Å²) in [5, 5.41) is 28.5. The minimum Gasteiger partial charge on any atom is -0.473 e. The third-order valence-corrected chi connectivity index (χ3v) is 6.31. The maximum Gasteiger partial charge on any atom is 0.414 e. The molecule has 2 aliphatic rings. The van der Waals surface area contributed by atoms with Gasteiger partial charge in [-0.3, -0.25) is 14.5 Å². The molecule has 0 atom stereocenters. The van der Waals surface area contributed by atoms with Crippen LogP contribution in [0.15, 0.2) is 36.5 Å². The van der Waals surface area contributed by atoms with Gasteiger partial charge in [0.2, 0.25) is 0 Å². The van der Waals surface area contributed by atoms with Gasteiger partial charge in [-0.05, 0) is 25.9 Å². The highest BCUT2D eigenvalue weighted by atomic mass is 16.4. The van der Waals surface area contributed by atoms with Gasteiger partial charge in [0.05, 0.1) is 24.7 Å². The van der Waals surface area contributed by atoms with Gasteiger partial charge in [0.25, 0.3) is 0 Å². The van der Waals surface area contributed by atoms with Crippen LogP contribution < -0.4 is 0 Å². The second-order valence-corrected chi connectivity index (χ2v) is 8.82. The summed E-state index contributed by atoms with van der Waals surface area (Å²) in [4.78, 5) is 26.0. The standard InChI is InChI=1S/C23H32N6.C2H2O4/c24-9-6-12-29-20-22(23(25-29)21-7-2-1-3-8-21)19-28-17-15-27(16-18-28)14-13-26-10-4-5-11-26;3-1(4)2(5)6/h1-3,7-8,20H,4-6,10-19H2;(H,3,4)(H,5,6). The van der Waals surface area contributed by atoms with Gasteiger partial charge >= 0.3 is 11.9 Å². The highest BCUT2D eigenvalue weighted by molar-refractivity contribution is 6.27. The molecule has 3 heterocycles. The molecule has 2 aliphatic heterocycles. The Morgan fingerprint density at radius 1 is 0.857 bits per heavy atom. The van der Waals surface area contributed by atoms with Crippen LogP contribution >= 0.6 is 0 Å². The molecule has 2 saturated heterocycles. The number of nitriles is 1. The Balaban J connectivity index is 0.000000509. The minimum atomic E-state index is -1.82. The predicted molar refractivity (Wildman–Crippen MR) is 131 cm³/mol. The van der Waals surface area contributed by atoms with Crippen LogP contribution in [0, 0.1) is 11.3 Å². The topological polar surface area (TPSA) is 126 Å². The molecular weight excluding hydrogens is 448 g/mol. The van der Waals surface area contributed by atoms with E-state index in [0.29, 0.717) is 13.0 Å². The SMILES string of the molecule is N#CCCn1cc(CN2CCN(CCN3CCCC3)CC2)c(-c2ccccc2)n1.O=C(O)C(=O)O. The summed E-state index contributed by atoms with van der Waals surface area (Å²) in [6.45, 7) is 11.1. The molecular formula is C25H34N6O4. The molecule has 0 aliphatic carbocycles. The number of rotatable bonds is 8. The van der Waals surface area contributed by atoms with Gasteiger partial charge in [-0.1, -0.05) is 30.3 Å². The van der Waals surface area contributed by atoms with E-state index < -0.39 is 11.9 Å². The molecule has 0 amide bonds. The predicted octanol–water partition coefficient (Wildman–Crippen LogP) is 1.83. The van der Waals surface area contributed by atoms with Gasteiger partial charge < -0.3 is 15.1 Å². The van der Waals surface area contributed by atoms with Crippen molar-refractivity contribution < 1.29 is 19.8 Å². The fourth-order valence-corrected chi connectivity index (χ4v) is 4.40. The first-order valence-electron chi connectivity index (χ1n) is 12.1. The van der Waals surface area contributed by atoms with Gasteiger partial charge in [-0.15, -0.1) is 0 Å². The number of carboxylic acids is 2. The first-order valence-corrected chi connectivity index (χ1v) is 12.1. The van der Waals surface area contributed by atoms with Crippen LogP contribution in [-0.2, 0) is 22.7 Å². The van der Waals surface area contributed by atoms with Crippen molar-refractivity contribution in [3.63, 3.8) is 0 Å². The molecule has 0 saturated carbocycles. The minimum absolute atomic E-state index is 0.491.